The van der Waals surface area contributed by atoms with E-state index in [2.05, 4.69) is 14.8 Å². The van der Waals surface area contributed by atoms with Crippen molar-refractivity contribution in [2.24, 2.45) is 7.05 Å². The molecule has 0 fully saturated rings. The second-order valence-corrected chi connectivity index (χ2v) is 5.32. The maximum atomic E-state index is 11.3. The quantitative estimate of drug-likeness (QED) is 0.627. The highest BCUT2D eigenvalue weighted by molar-refractivity contribution is 7.98. The standard InChI is InChI=1S/C10H11N3O2S2/c1-13-10(11-6-12-13)16-5-7-3-4-8(17-7)9(14)15-2/h3-4,6H,5H2,1-2H3. The van der Waals surface area contributed by atoms with Crippen molar-refractivity contribution in [3.05, 3.63) is 28.2 Å². The summed E-state index contributed by atoms with van der Waals surface area (Å²) < 4.78 is 6.38. The Morgan fingerprint density at radius 3 is 3.06 bits per heavy atom. The van der Waals surface area contributed by atoms with Gasteiger partial charge in [-0.2, -0.15) is 5.10 Å². The number of aryl methyl sites for hydroxylation is 1. The van der Waals surface area contributed by atoms with Crippen LogP contribution in [0.25, 0.3) is 0 Å². The molecule has 0 spiro atoms. The van der Waals surface area contributed by atoms with Gasteiger partial charge in [-0.15, -0.1) is 11.3 Å². The first-order valence-electron chi connectivity index (χ1n) is 4.84. The lowest BCUT2D eigenvalue weighted by atomic mass is 10.4. The molecule has 0 aliphatic heterocycles. The van der Waals surface area contributed by atoms with E-state index in [1.54, 1.807) is 22.5 Å². The molecule has 7 heteroatoms. The lowest BCUT2D eigenvalue weighted by molar-refractivity contribution is 0.0606. The Bertz CT molecular complexity index is 521. The van der Waals surface area contributed by atoms with Crippen molar-refractivity contribution in [1.82, 2.24) is 14.8 Å². The van der Waals surface area contributed by atoms with Crippen LogP contribution >= 0.6 is 23.1 Å². The summed E-state index contributed by atoms with van der Waals surface area (Å²) in [4.78, 5) is 17.1. The van der Waals surface area contributed by atoms with Crippen molar-refractivity contribution in [2.45, 2.75) is 10.9 Å². The number of hydrogen-bond acceptors (Lipinski definition) is 6. The Labute approximate surface area is 107 Å². The maximum Gasteiger partial charge on any atom is 0.348 e. The fraction of sp³-hybridized carbons (Fsp3) is 0.300. The number of thiophene rings is 1. The van der Waals surface area contributed by atoms with E-state index < -0.39 is 0 Å². The predicted molar refractivity (Wildman–Crippen MR) is 66.2 cm³/mol. The molecule has 2 rings (SSSR count). The van der Waals surface area contributed by atoms with E-state index in [1.807, 2.05) is 13.1 Å². The number of methoxy groups -OCH3 is 1. The van der Waals surface area contributed by atoms with Crippen LogP contribution in [-0.2, 0) is 17.5 Å². The second-order valence-electron chi connectivity index (χ2n) is 3.21. The van der Waals surface area contributed by atoms with Crippen molar-refractivity contribution < 1.29 is 9.53 Å². The predicted octanol–water partition coefficient (Wildman–Crippen LogP) is 1.96. The minimum atomic E-state index is -0.287. The van der Waals surface area contributed by atoms with Crippen LogP contribution < -0.4 is 0 Å². The summed E-state index contributed by atoms with van der Waals surface area (Å²) in [6.07, 6.45) is 1.52. The molecule has 90 valence electrons. The van der Waals surface area contributed by atoms with Crippen LogP contribution in [0.4, 0.5) is 0 Å². The molecule has 0 atom stereocenters. The van der Waals surface area contributed by atoms with Crippen molar-refractivity contribution in [3.8, 4) is 0 Å². The number of esters is 1. The number of hydrogen-bond donors (Lipinski definition) is 0. The van der Waals surface area contributed by atoms with Gasteiger partial charge < -0.3 is 4.74 Å². The number of nitrogens with zero attached hydrogens (tertiary/aromatic N) is 3. The first-order valence-corrected chi connectivity index (χ1v) is 6.64. The van der Waals surface area contributed by atoms with Gasteiger partial charge in [0.1, 0.15) is 11.2 Å². The maximum absolute atomic E-state index is 11.3. The highest BCUT2D eigenvalue weighted by Gasteiger charge is 2.10. The fourth-order valence-corrected chi connectivity index (χ4v) is 3.07. The molecule has 0 unspecified atom stereocenters. The number of aromatic nitrogens is 3. The van der Waals surface area contributed by atoms with Gasteiger partial charge in [0.25, 0.3) is 0 Å². The van der Waals surface area contributed by atoms with Gasteiger partial charge in [0.05, 0.1) is 7.11 Å². The third-order valence-corrected chi connectivity index (χ3v) is 4.39. The Morgan fingerprint density at radius 2 is 2.41 bits per heavy atom. The second kappa shape index (κ2) is 5.33. The van der Waals surface area contributed by atoms with E-state index in [1.165, 1.54) is 24.8 Å². The molecule has 0 amide bonds. The molecular weight excluding hydrogens is 258 g/mol. The van der Waals surface area contributed by atoms with E-state index in [0.717, 1.165) is 15.8 Å². The van der Waals surface area contributed by atoms with Crippen LogP contribution in [0, 0.1) is 0 Å². The van der Waals surface area contributed by atoms with Crippen molar-refractivity contribution in [1.29, 1.82) is 0 Å². The molecule has 17 heavy (non-hydrogen) atoms. The molecule has 0 aromatic carbocycles. The molecule has 0 aliphatic carbocycles. The molecule has 2 aromatic heterocycles. The summed E-state index contributed by atoms with van der Waals surface area (Å²) in [7, 11) is 3.24. The van der Waals surface area contributed by atoms with Crippen LogP contribution in [0.5, 0.6) is 0 Å². The zero-order valence-corrected chi connectivity index (χ0v) is 11.0. The van der Waals surface area contributed by atoms with Crippen LogP contribution in [0.1, 0.15) is 14.5 Å². The summed E-state index contributed by atoms with van der Waals surface area (Å²) >= 11 is 3.03. The molecule has 5 nitrogen and oxygen atoms in total. The Morgan fingerprint density at radius 1 is 1.59 bits per heavy atom. The SMILES string of the molecule is COC(=O)c1ccc(CSc2ncnn2C)s1. The van der Waals surface area contributed by atoms with Gasteiger partial charge in [-0.25, -0.2) is 14.5 Å². The number of carbonyl (C=O) groups excluding carboxylic acids is 1. The fourth-order valence-electron chi connectivity index (χ4n) is 1.22. The van der Waals surface area contributed by atoms with Crippen LogP contribution in [0.3, 0.4) is 0 Å². The van der Waals surface area contributed by atoms with Gasteiger partial charge in [0.15, 0.2) is 5.16 Å². The van der Waals surface area contributed by atoms with Crippen molar-refractivity contribution >= 4 is 29.1 Å². The summed E-state index contributed by atoms with van der Waals surface area (Å²) in [5.41, 5.74) is 0. The van der Waals surface area contributed by atoms with Gasteiger partial charge in [-0.3, -0.25) is 0 Å². The zero-order chi connectivity index (χ0) is 12.3. The average Bonchev–Trinajstić information content (AvgIpc) is 2.94. The Balaban J connectivity index is 1.98. The normalized spacial score (nSPS) is 10.5. The molecule has 0 N–H and O–H groups in total. The highest BCUT2D eigenvalue weighted by Crippen LogP contribution is 2.25. The van der Waals surface area contributed by atoms with Gasteiger partial charge >= 0.3 is 5.97 Å². The van der Waals surface area contributed by atoms with Crippen molar-refractivity contribution in [3.63, 3.8) is 0 Å². The Kier molecular flexibility index (Phi) is 3.80. The lowest BCUT2D eigenvalue weighted by Crippen LogP contribution is -1.96. The van der Waals surface area contributed by atoms with Gasteiger partial charge in [-0.05, 0) is 12.1 Å². The molecule has 0 saturated carbocycles. The summed E-state index contributed by atoms with van der Waals surface area (Å²) in [5, 5.41) is 4.85. The average molecular weight is 269 g/mol. The molecule has 2 heterocycles. The van der Waals surface area contributed by atoms with E-state index in [4.69, 9.17) is 0 Å². The van der Waals surface area contributed by atoms with E-state index in [9.17, 15) is 4.79 Å². The topological polar surface area (TPSA) is 57.0 Å². The smallest absolute Gasteiger partial charge is 0.348 e. The van der Waals surface area contributed by atoms with Crippen LogP contribution in [0.2, 0.25) is 0 Å². The molecule has 0 aliphatic rings. The summed E-state index contributed by atoms with van der Waals surface area (Å²) in [6.45, 7) is 0. The van der Waals surface area contributed by atoms with E-state index in [0.29, 0.717) is 4.88 Å². The van der Waals surface area contributed by atoms with E-state index >= 15 is 0 Å². The molecular formula is C10H11N3O2S2. The minimum Gasteiger partial charge on any atom is -0.465 e. The number of carbonyl (C=O) groups is 1. The lowest BCUT2D eigenvalue weighted by Gasteiger charge is -1.97. The van der Waals surface area contributed by atoms with Gasteiger partial charge in [0.2, 0.25) is 0 Å². The third-order valence-electron chi connectivity index (χ3n) is 2.06. The number of ether oxygens (including phenoxy) is 1. The van der Waals surface area contributed by atoms with Gasteiger partial charge in [-0.1, -0.05) is 11.8 Å². The highest BCUT2D eigenvalue weighted by atomic mass is 32.2. The van der Waals surface area contributed by atoms with Crippen LogP contribution in [0.15, 0.2) is 23.6 Å². The van der Waals surface area contributed by atoms with E-state index in [-0.39, 0.29) is 5.97 Å². The molecule has 0 radical (unpaired) electrons. The molecule has 0 saturated heterocycles. The first kappa shape index (κ1) is 12.1. The molecule has 2 aromatic rings. The van der Waals surface area contributed by atoms with Crippen LogP contribution in [-0.4, -0.2) is 27.8 Å². The Hall–Kier alpha value is -1.34. The molecule has 0 bridgehead atoms. The zero-order valence-electron chi connectivity index (χ0n) is 9.41. The number of rotatable bonds is 4. The number of thioether (sulfide) groups is 1. The minimum absolute atomic E-state index is 0.287. The summed E-state index contributed by atoms with van der Waals surface area (Å²) in [5.74, 6) is 0.485. The first-order chi connectivity index (χ1) is 8.20. The van der Waals surface area contributed by atoms with Crippen molar-refractivity contribution in [2.75, 3.05) is 7.11 Å². The van der Waals surface area contributed by atoms with Gasteiger partial charge in [0, 0.05) is 17.7 Å². The monoisotopic (exact) mass is 269 g/mol. The largest absolute Gasteiger partial charge is 0.465 e. The summed E-state index contributed by atoms with van der Waals surface area (Å²) in [6, 6.07) is 3.71. The third kappa shape index (κ3) is 2.86.